The van der Waals surface area contributed by atoms with E-state index in [9.17, 15) is 14.2 Å². The molecule has 0 atom stereocenters. The Morgan fingerprint density at radius 2 is 1.09 bits per heavy atom. The first kappa shape index (κ1) is 32.3. The molecule has 0 saturated carbocycles. The molecule has 9 heteroatoms. The van der Waals surface area contributed by atoms with Crippen LogP contribution in [0.15, 0.2) is 12.1 Å². The van der Waals surface area contributed by atoms with Crippen molar-refractivity contribution in [2.45, 2.75) is 105 Å². The predicted octanol–water partition coefficient (Wildman–Crippen LogP) is 8.17. The van der Waals surface area contributed by atoms with Crippen LogP contribution < -0.4 is 0 Å². The van der Waals surface area contributed by atoms with Gasteiger partial charge in [0.25, 0.3) is 0 Å². The van der Waals surface area contributed by atoms with E-state index in [0.717, 1.165) is 16.7 Å². The number of hydrogen-bond acceptors (Lipinski definition) is 7. The quantitative estimate of drug-likeness (QED) is 0.241. The fourth-order valence-electron chi connectivity index (χ4n) is 4.10. The molecule has 0 amide bonds. The molecule has 0 aliphatic rings. The molecule has 1 aromatic rings. The van der Waals surface area contributed by atoms with E-state index in [1.165, 1.54) is 0 Å². The summed E-state index contributed by atoms with van der Waals surface area (Å²) in [5.74, 6) is 0.334. The second-order valence-electron chi connectivity index (χ2n) is 10.7. The highest BCUT2D eigenvalue weighted by atomic mass is 31.2. The fraction of sp³-hybridized carbons (Fsp3) is 0.769. The highest BCUT2D eigenvalue weighted by molar-refractivity contribution is 7.72. The third-order valence-electron chi connectivity index (χ3n) is 5.68. The highest BCUT2D eigenvalue weighted by Gasteiger charge is 2.50. The molecule has 0 saturated heterocycles. The van der Waals surface area contributed by atoms with Crippen molar-refractivity contribution in [1.29, 1.82) is 0 Å². The summed E-state index contributed by atoms with van der Waals surface area (Å²) in [7, 11) is -7.53. The van der Waals surface area contributed by atoms with Crippen LogP contribution in [0.25, 0.3) is 0 Å². The molecule has 0 heterocycles. The smallest absolute Gasteiger partial charge is 0.345 e. The largest absolute Gasteiger partial charge is 0.507 e. The number of hydrogen-bond donors (Lipinski definition) is 1. The van der Waals surface area contributed by atoms with E-state index in [-0.39, 0.29) is 43.7 Å². The first-order valence-corrected chi connectivity index (χ1v) is 16.0. The average molecular weight is 535 g/mol. The molecule has 7 nitrogen and oxygen atoms in total. The molecule has 0 bridgehead atoms. The summed E-state index contributed by atoms with van der Waals surface area (Å²) in [4.78, 5) is 0. The number of phenols is 1. The maximum absolute atomic E-state index is 13.8. The van der Waals surface area contributed by atoms with Gasteiger partial charge in [0.2, 0.25) is 0 Å². The minimum atomic E-state index is -3.76. The lowest BCUT2D eigenvalue weighted by Crippen LogP contribution is -2.19. The highest BCUT2D eigenvalue weighted by Crippen LogP contribution is 2.71. The summed E-state index contributed by atoms with van der Waals surface area (Å²) < 4.78 is 49.9. The van der Waals surface area contributed by atoms with E-state index in [1.54, 1.807) is 27.7 Å². The van der Waals surface area contributed by atoms with Crippen molar-refractivity contribution < 1.29 is 32.3 Å². The van der Waals surface area contributed by atoms with Gasteiger partial charge in [0.05, 0.1) is 26.4 Å². The molecule has 0 radical (unpaired) electrons. The monoisotopic (exact) mass is 534 g/mol. The SMILES string of the molecule is CCOP(=O)(OCC)C(CCCc1cc(C(C)(C)C)c(O)c(C(C)(C)C)c1)P(=O)(OCC)OCC. The van der Waals surface area contributed by atoms with Gasteiger partial charge in [-0.05, 0) is 74.5 Å². The molecule has 1 aromatic carbocycles. The Morgan fingerprint density at radius 1 is 0.743 bits per heavy atom. The maximum atomic E-state index is 13.8. The minimum Gasteiger partial charge on any atom is -0.507 e. The van der Waals surface area contributed by atoms with E-state index in [4.69, 9.17) is 18.1 Å². The third-order valence-corrected chi connectivity index (χ3v) is 11.8. The molecular weight excluding hydrogens is 486 g/mol. The molecule has 1 N–H and O–H groups in total. The van der Waals surface area contributed by atoms with Gasteiger partial charge in [-0.15, -0.1) is 0 Å². The molecule has 35 heavy (non-hydrogen) atoms. The van der Waals surface area contributed by atoms with Crippen molar-refractivity contribution in [1.82, 2.24) is 0 Å². The fourth-order valence-corrected chi connectivity index (χ4v) is 9.56. The zero-order chi connectivity index (χ0) is 27.1. The Kier molecular flexibility index (Phi) is 12.2. The number of benzene rings is 1. The van der Waals surface area contributed by atoms with Crippen molar-refractivity contribution >= 4 is 15.2 Å². The van der Waals surface area contributed by atoms with Crippen LogP contribution in [0.3, 0.4) is 0 Å². The first-order chi connectivity index (χ1) is 16.1. The summed E-state index contributed by atoms with van der Waals surface area (Å²) >= 11 is 0. The van der Waals surface area contributed by atoms with E-state index in [2.05, 4.69) is 41.5 Å². The lowest BCUT2D eigenvalue weighted by atomic mass is 9.78. The Labute approximate surface area is 213 Å². The normalized spacial score (nSPS) is 13.6. The van der Waals surface area contributed by atoms with Gasteiger partial charge in [-0.1, -0.05) is 53.7 Å². The van der Waals surface area contributed by atoms with Crippen molar-refractivity contribution in [3.05, 3.63) is 28.8 Å². The molecule has 1 rings (SSSR count). The van der Waals surface area contributed by atoms with Crippen molar-refractivity contribution in [3.8, 4) is 5.75 Å². The summed E-state index contributed by atoms with van der Waals surface area (Å²) in [6, 6.07) is 4.07. The second-order valence-corrected chi connectivity index (χ2v) is 15.5. The van der Waals surface area contributed by atoms with E-state index in [0.29, 0.717) is 18.6 Å². The Balaban J connectivity index is 3.40. The zero-order valence-corrected chi connectivity index (χ0v) is 25.3. The van der Waals surface area contributed by atoms with Gasteiger partial charge in [0.15, 0.2) is 5.40 Å². The Hall–Kier alpha value is -0.680. The molecular formula is C26H48O7P2. The van der Waals surface area contributed by atoms with Crippen molar-refractivity contribution in [2.24, 2.45) is 0 Å². The van der Waals surface area contributed by atoms with Gasteiger partial charge in [-0.25, -0.2) is 0 Å². The van der Waals surface area contributed by atoms with Gasteiger partial charge in [-0.3, -0.25) is 9.13 Å². The van der Waals surface area contributed by atoms with Crippen LogP contribution in [0.2, 0.25) is 0 Å². The number of aromatic hydroxyl groups is 1. The minimum absolute atomic E-state index is 0.161. The van der Waals surface area contributed by atoms with E-state index in [1.807, 2.05) is 12.1 Å². The topological polar surface area (TPSA) is 91.3 Å². The standard InChI is InChI=1S/C26H48O7P2/c1-11-30-34(28,31-12-2)23(35(29,32-13-3)33-14-4)17-15-16-20-18-21(25(5,6)7)24(27)22(19-20)26(8,9)10/h18-19,23,27H,11-17H2,1-10H3. The molecule has 0 unspecified atom stereocenters. The lowest BCUT2D eigenvalue weighted by Gasteiger charge is -2.31. The lowest BCUT2D eigenvalue weighted by molar-refractivity contribution is 0.193. The van der Waals surface area contributed by atoms with Crippen LogP contribution in [0, 0.1) is 0 Å². The van der Waals surface area contributed by atoms with Crippen molar-refractivity contribution in [2.75, 3.05) is 26.4 Å². The Bertz CT molecular complexity index is 815. The number of phenolic OH excluding ortho intramolecular Hbond substituents is 1. The van der Waals surface area contributed by atoms with Crippen molar-refractivity contribution in [3.63, 3.8) is 0 Å². The van der Waals surface area contributed by atoms with Crippen LogP contribution in [-0.4, -0.2) is 36.9 Å². The van der Waals surface area contributed by atoms with E-state index < -0.39 is 20.6 Å². The molecule has 0 aliphatic heterocycles. The van der Waals surface area contributed by atoms with Gasteiger partial charge in [0.1, 0.15) is 5.75 Å². The second kappa shape index (κ2) is 13.2. The molecule has 0 aromatic heterocycles. The van der Waals surface area contributed by atoms with Gasteiger partial charge < -0.3 is 23.2 Å². The van der Waals surface area contributed by atoms with Gasteiger partial charge in [0, 0.05) is 0 Å². The molecule has 0 aliphatic carbocycles. The number of rotatable bonds is 14. The first-order valence-electron chi connectivity index (χ1n) is 12.7. The van der Waals surface area contributed by atoms with Gasteiger partial charge >= 0.3 is 15.2 Å². The van der Waals surface area contributed by atoms with Crippen LogP contribution in [0.1, 0.15) is 98.8 Å². The summed E-state index contributed by atoms with van der Waals surface area (Å²) in [6.45, 7) is 20.0. The van der Waals surface area contributed by atoms with Crippen LogP contribution in [-0.2, 0) is 44.5 Å². The third kappa shape index (κ3) is 8.69. The zero-order valence-electron chi connectivity index (χ0n) is 23.5. The molecule has 0 spiro atoms. The average Bonchev–Trinajstić information content (AvgIpc) is 2.70. The summed E-state index contributed by atoms with van der Waals surface area (Å²) in [5.41, 5.74) is 2.37. The van der Waals surface area contributed by atoms with Crippen LogP contribution in [0.4, 0.5) is 0 Å². The summed E-state index contributed by atoms with van der Waals surface area (Å²) in [5, 5.41) is 9.99. The van der Waals surface area contributed by atoms with Crippen LogP contribution >= 0.6 is 15.2 Å². The maximum Gasteiger partial charge on any atom is 0.345 e. The van der Waals surface area contributed by atoms with Gasteiger partial charge in [-0.2, -0.15) is 0 Å². The Morgan fingerprint density at radius 3 is 1.37 bits per heavy atom. The van der Waals surface area contributed by atoms with E-state index >= 15 is 0 Å². The molecule has 204 valence electrons. The number of aryl methyl sites for hydroxylation is 1. The summed E-state index contributed by atoms with van der Waals surface area (Å²) in [6.07, 6.45) is 1.49. The molecule has 0 fully saturated rings. The predicted molar refractivity (Wildman–Crippen MR) is 144 cm³/mol. The van der Waals surface area contributed by atoms with Crippen LogP contribution in [0.5, 0.6) is 5.75 Å².